The highest BCUT2D eigenvalue weighted by molar-refractivity contribution is 5.74. The monoisotopic (exact) mass is 284 g/mol. The van der Waals surface area contributed by atoms with Gasteiger partial charge in [0.2, 0.25) is 5.91 Å². The molecule has 2 aromatic rings. The molecule has 1 aliphatic rings. The molecule has 0 spiro atoms. The fourth-order valence-corrected chi connectivity index (χ4v) is 2.98. The Kier molecular flexibility index (Phi) is 3.75. The maximum Gasteiger partial charge on any atom is 0.219 e. The van der Waals surface area contributed by atoms with E-state index in [4.69, 9.17) is 10.7 Å². The Morgan fingerprint density at radius 1 is 1.43 bits per heavy atom. The molecule has 1 aliphatic heterocycles. The lowest BCUT2D eigenvalue weighted by Crippen LogP contribution is -2.26. The number of carbonyl (C=O) groups excluding carboxylic acids is 1. The van der Waals surface area contributed by atoms with Crippen LogP contribution < -0.4 is 11.1 Å². The summed E-state index contributed by atoms with van der Waals surface area (Å²) in [4.78, 5) is 16.1. The molecule has 1 aromatic carbocycles. The Balaban J connectivity index is 2.10. The average Bonchev–Trinajstić information content (AvgIpc) is 2.87. The zero-order valence-electron chi connectivity index (χ0n) is 12.2. The van der Waals surface area contributed by atoms with Crippen LogP contribution in [0.2, 0.25) is 0 Å². The molecule has 1 amide bonds. The Bertz CT molecular complexity index is 648. The van der Waals surface area contributed by atoms with Crippen molar-refractivity contribution in [2.45, 2.75) is 32.4 Å². The summed E-state index contributed by atoms with van der Waals surface area (Å²) >= 11 is 0. The van der Waals surface area contributed by atoms with Crippen molar-refractivity contribution in [2.24, 2.45) is 5.73 Å². The molecule has 21 heavy (non-hydrogen) atoms. The number of benzene rings is 1. The van der Waals surface area contributed by atoms with E-state index in [2.05, 4.69) is 22.0 Å². The van der Waals surface area contributed by atoms with Gasteiger partial charge in [0.25, 0.3) is 0 Å². The fourth-order valence-electron chi connectivity index (χ4n) is 2.98. The van der Waals surface area contributed by atoms with Crippen LogP contribution in [0.25, 0.3) is 11.4 Å². The van der Waals surface area contributed by atoms with Gasteiger partial charge in [-0.3, -0.25) is 4.79 Å². The van der Waals surface area contributed by atoms with Crippen LogP contribution in [0.15, 0.2) is 30.3 Å². The van der Waals surface area contributed by atoms with Gasteiger partial charge in [0.15, 0.2) is 0 Å². The Morgan fingerprint density at radius 3 is 2.90 bits per heavy atom. The van der Waals surface area contributed by atoms with E-state index in [1.54, 1.807) is 0 Å². The van der Waals surface area contributed by atoms with Gasteiger partial charge < -0.3 is 15.6 Å². The third-order valence-electron chi connectivity index (χ3n) is 3.89. The van der Waals surface area contributed by atoms with E-state index in [9.17, 15) is 4.79 Å². The number of hydrogen-bond donors (Lipinski definition) is 2. The number of imidazole rings is 1. The molecule has 1 aromatic heterocycles. The molecule has 1 atom stereocenters. The van der Waals surface area contributed by atoms with Crippen LogP contribution in [0.4, 0.5) is 0 Å². The second-order valence-electron chi connectivity index (χ2n) is 5.51. The highest BCUT2D eigenvalue weighted by Crippen LogP contribution is 2.29. The predicted molar refractivity (Wildman–Crippen MR) is 81.6 cm³/mol. The zero-order valence-corrected chi connectivity index (χ0v) is 12.2. The largest absolute Gasteiger partial charge is 0.370 e. The number of primary amides is 1. The number of nitrogens with one attached hydrogen (secondary N) is 1. The average molecular weight is 284 g/mol. The van der Waals surface area contributed by atoms with E-state index < -0.39 is 0 Å². The number of rotatable bonds is 4. The van der Waals surface area contributed by atoms with Gasteiger partial charge in [0.1, 0.15) is 5.82 Å². The van der Waals surface area contributed by atoms with Crippen LogP contribution in [0, 0.1) is 0 Å². The molecule has 1 unspecified atom stereocenters. The number of carbonyl (C=O) groups is 1. The quantitative estimate of drug-likeness (QED) is 0.896. The highest BCUT2D eigenvalue weighted by atomic mass is 16.1. The summed E-state index contributed by atoms with van der Waals surface area (Å²) in [7, 11) is 0. The predicted octanol–water partition coefficient (Wildman–Crippen LogP) is 1.63. The maximum absolute atomic E-state index is 11.3. The summed E-state index contributed by atoms with van der Waals surface area (Å²) in [6.45, 7) is 3.75. The highest BCUT2D eigenvalue weighted by Gasteiger charge is 2.24. The van der Waals surface area contributed by atoms with Gasteiger partial charge in [-0.05, 0) is 6.92 Å². The van der Waals surface area contributed by atoms with E-state index in [0.29, 0.717) is 6.42 Å². The van der Waals surface area contributed by atoms with Crippen molar-refractivity contribution < 1.29 is 4.79 Å². The van der Waals surface area contributed by atoms with E-state index in [-0.39, 0.29) is 11.9 Å². The van der Waals surface area contributed by atoms with Crippen LogP contribution in [-0.2, 0) is 17.8 Å². The summed E-state index contributed by atoms with van der Waals surface area (Å²) in [5.74, 6) is 0.649. The van der Waals surface area contributed by atoms with Gasteiger partial charge in [-0.25, -0.2) is 4.98 Å². The van der Waals surface area contributed by atoms with Crippen molar-refractivity contribution in [3.63, 3.8) is 0 Å². The van der Waals surface area contributed by atoms with Gasteiger partial charge in [0, 0.05) is 43.2 Å². The molecule has 0 saturated carbocycles. The number of aromatic nitrogens is 2. The Morgan fingerprint density at radius 2 is 2.19 bits per heavy atom. The molecule has 3 rings (SSSR count). The van der Waals surface area contributed by atoms with Gasteiger partial charge >= 0.3 is 0 Å². The number of nitrogens with two attached hydrogens (primary N) is 1. The van der Waals surface area contributed by atoms with Crippen molar-refractivity contribution >= 4 is 5.91 Å². The molecular weight excluding hydrogens is 264 g/mol. The minimum Gasteiger partial charge on any atom is -0.370 e. The molecule has 3 N–H and O–H groups in total. The summed E-state index contributed by atoms with van der Waals surface area (Å²) < 4.78 is 2.19. The topological polar surface area (TPSA) is 72.9 Å². The van der Waals surface area contributed by atoms with Crippen LogP contribution in [0.5, 0.6) is 0 Å². The molecule has 5 nitrogen and oxygen atoms in total. The van der Waals surface area contributed by atoms with Crippen molar-refractivity contribution in [3.05, 3.63) is 41.7 Å². The smallest absolute Gasteiger partial charge is 0.219 e. The summed E-state index contributed by atoms with van der Waals surface area (Å²) in [6, 6.07) is 10.1. The van der Waals surface area contributed by atoms with Crippen LogP contribution in [0.3, 0.4) is 0 Å². The molecule has 2 heterocycles. The number of hydrogen-bond acceptors (Lipinski definition) is 3. The van der Waals surface area contributed by atoms with Crippen LogP contribution in [0.1, 0.15) is 30.8 Å². The standard InChI is InChI=1S/C16H20N4O/c1-11(9-15(17)21)20-14-7-8-18-10-13(14)19-16(20)12-5-3-2-4-6-12/h2-6,11,18H,7-10H2,1H3,(H2,17,21). The summed E-state index contributed by atoms with van der Waals surface area (Å²) in [6.07, 6.45) is 1.26. The van der Waals surface area contributed by atoms with Gasteiger partial charge in [0.05, 0.1) is 5.69 Å². The third kappa shape index (κ3) is 2.69. The molecule has 0 bridgehead atoms. The number of nitrogens with zero attached hydrogens (tertiary/aromatic N) is 2. The molecule has 110 valence electrons. The van der Waals surface area contributed by atoms with Crippen molar-refractivity contribution in [1.82, 2.24) is 14.9 Å². The lowest BCUT2D eigenvalue weighted by molar-refractivity contribution is -0.118. The maximum atomic E-state index is 11.3. The van der Waals surface area contributed by atoms with Crippen molar-refractivity contribution in [2.75, 3.05) is 6.54 Å². The minimum atomic E-state index is -0.280. The molecule has 0 fully saturated rings. The van der Waals surface area contributed by atoms with E-state index in [0.717, 1.165) is 36.6 Å². The van der Waals surface area contributed by atoms with Gasteiger partial charge in [-0.1, -0.05) is 30.3 Å². The minimum absolute atomic E-state index is 0.0204. The summed E-state index contributed by atoms with van der Waals surface area (Å²) in [5, 5.41) is 3.35. The number of amides is 1. The molecule has 0 radical (unpaired) electrons. The second-order valence-corrected chi connectivity index (χ2v) is 5.51. The van der Waals surface area contributed by atoms with Gasteiger partial charge in [-0.2, -0.15) is 0 Å². The Labute approximate surface area is 124 Å². The van der Waals surface area contributed by atoms with E-state index >= 15 is 0 Å². The lowest BCUT2D eigenvalue weighted by Gasteiger charge is -2.21. The first-order chi connectivity index (χ1) is 10.2. The fraction of sp³-hybridized carbons (Fsp3) is 0.375. The van der Waals surface area contributed by atoms with Crippen LogP contribution >= 0.6 is 0 Å². The first kappa shape index (κ1) is 13.8. The van der Waals surface area contributed by atoms with E-state index in [1.807, 2.05) is 25.1 Å². The lowest BCUT2D eigenvalue weighted by atomic mass is 10.1. The molecular formula is C16H20N4O. The first-order valence-electron chi connectivity index (χ1n) is 7.31. The second kappa shape index (κ2) is 5.69. The first-order valence-corrected chi connectivity index (χ1v) is 7.31. The Hall–Kier alpha value is -2.14. The molecule has 0 saturated heterocycles. The normalized spacial score (nSPS) is 15.5. The SMILES string of the molecule is CC(CC(N)=O)n1c(-c2ccccc2)nc2c1CCNC2. The van der Waals surface area contributed by atoms with Crippen molar-refractivity contribution in [3.8, 4) is 11.4 Å². The van der Waals surface area contributed by atoms with E-state index in [1.165, 1.54) is 5.69 Å². The summed E-state index contributed by atoms with van der Waals surface area (Å²) in [5.41, 5.74) is 8.76. The van der Waals surface area contributed by atoms with Crippen molar-refractivity contribution in [1.29, 1.82) is 0 Å². The third-order valence-corrected chi connectivity index (χ3v) is 3.89. The van der Waals surface area contributed by atoms with Gasteiger partial charge in [-0.15, -0.1) is 0 Å². The number of fused-ring (bicyclic) bond motifs is 1. The van der Waals surface area contributed by atoms with Crippen LogP contribution in [-0.4, -0.2) is 22.0 Å². The zero-order chi connectivity index (χ0) is 14.8. The molecule has 5 heteroatoms. The molecule has 0 aliphatic carbocycles.